The topological polar surface area (TPSA) is 37.4 Å². The van der Waals surface area contributed by atoms with Crippen LogP contribution in [0.5, 0.6) is 0 Å². The van der Waals surface area contributed by atoms with Crippen molar-refractivity contribution in [3.63, 3.8) is 0 Å². The van der Waals surface area contributed by atoms with Crippen molar-refractivity contribution >= 4 is 27.3 Å². The van der Waals surface area contributed by atoms with Gasteiger partial charge in [-0.15, -0.1) is 0 Å². The fourth-order valence-electron chi connectivity index (χ4n) is 1.61. The molecule has 2 aromatic carbocycles. The Morgan fingerprint density at radius 2 is 1.53 bits per heavy atom. The predicted molar refractivity (Wildman–Crippen MR) is 77.9 cm³/mol. The molecule has 2 aromatic rings. The minimum atomic E-state index is -3.56. The molecule has 2 rings (SSSR count). The van der Waals surface area contributed by atoms with Crippen LogP contribution < -0.4 is 4.31 Å². The van der Waals surface area contributed by atoms with Crippen LogP contribution in [0.2, 0.25) is 5.02 Å². The largest absolute Gasteiger partial charge is 0.269 e. The van der Waals surface area contributed by atoms with Gasteiger partial charge in [0.1, 0.15) is 0 Å². The predicted octanol–water partition coefficient (Wildman–Crippen LogP) is 3.35. The minimum absolute atomic E-state index is 0.234. The highest BCUT2D eigenvalue weighted by Gasteiger charge is 2.20. The lowest BCUT2D eigenvalue weighted by Gasteiger charge is -2.19. The Labute approximate surface area is 118 Å². The maximum atomic E-state index is 12.4. The van der Waals surface area contributed by atoms with Crippen LogP contribution in [0, 0.1) is 6.92 Å². The van der Waals surface area contributed by atoms with Gasteiger partial charge in [-0.2, -0.15) is 0 Å². The quantitative estimate of drug-likeness (QED) is 0.870. The van der Waals surface area contributed by atoms with Crippen molar-refractivity contribution in [1.29, 1.82) is 0 Å². The summed E-state index contributed by atoms with van der Waals surface area (Å²) in [5, 5.41) is 0.566. The Hall–Kier alpha value is -1.52. The first-order valence-electron chi connectivity index (χ1n) is 5.58. The molecule has 0 bridgehead atoms. The molecule has 0 heterocycles. The average Bonchev–Trinajstić information content (AvgIpc) is 2.39. The van der Waals surface area contributed by atoms with Gasteiger partial charge in [-0.1, -0.05) is 23.7 Å². The molecule has 3 nitrogen and oxygen atoms in total. The number of sulfonamides is 1. The van der Waals surface area contributed by atoms with Crippen LogP contribution in [0.1, 0.15) is 5.56 Å². The summed E-state index contributed by atoms with van der Waals surface area (Å²) >= 11 is 5.79. The molecular weight excluding hydrogens is 282 g/mol. The number of rotatable bonds is 3. The summed E-state index contributed by atoms with van der Waals surface area (Å²) < 4.78 is 26.0. The second kappa shape index (κ2) is 5.23. The normalized spacial score (nSPS) is 11.3. The highest BCUT2D eigenvalue weighted by Crippen LogP contribution is 2.23. The lowest BCUT2D eigenvalue weighted by atomic mass is 10.2. The summed E-state index contributed by atoms with van der Waals surface area (Å²) in [5.41, 5.74) is 1.33. The molecule has 0 N–H and O–H groups in total. The van der Waals surface area contributed by atoms with Gasteiger partial charge in [-0.3, -0.25) is 4.31 Å². The molecule has 0 fully saturated rings. The van der Waals surface area contributed by atoms with Crippen molar-refractivity contribution in [1.82, 2.24) is 0 Å². The van der Waals surface area contributed by atoms with Crippen molar-refractivity contribution in [3.8, 4) is 0 Å². The first kappa shape index (κ1) is 13.9. The van der Waals surface area contributed by atoms with Gasteiger partial charge < -0.3 is 0 Å². The Kier molecular flexibility index (Phi) is 3.83. The molecular formula is C14H13ClNO2S. The van der Waals surface area contributed by atoms with Gasteiger partial charge in [-0.25, -0.2) is 8.42 Å². The van der Waals surface area contributed by atoms with E-state index in [1.807, 2.05) is 0 Å². The van der Waals surface area contributed by atoms with Crippen molar-refractivity contribution in [2.24, 2.45) is 0 Å². The van der Waals surface area contributed by atoms with Gasteiger partial charge >= 0.3 is 0 Å². The summed E-state index contributed by atoms with van der Waals surface area (Å²) in [7, 11) is -2.05. The summed E-state index contributed by atoms with van der Waals surface area (Å²) in [6, 6.07) is 13.1. The van der Waals surface area contributed by atoms with Crippen LogP contribution in [-0.4, -0.2) is 15.5 Å². The van der Waals surface area contributed by atoms with Crippen LogP contribution in [0.3, 0.4) is 0 Å². The van der Waals surface area contributed by atoms with Crippen molar-refractivity contribution < 1.29 is 8.42 Å². The number of hydrogen-bond acceptors (Lipinski definition) is 2. The third-order valence-corrected chi connectivity index (χ3v) is 4.82. The van der Waals surface area contributed by atoms with E-state index in [4.69, 9.17) is 11.6 Å². The molecule has 0 aliphatic carbocycles. The summed E-state index contributed by atoms with van der Waals surface area (Å²) in [5.74, 6) is 0. The molecule has 0 aromatic heterocycles. The fourth-order valence-corrected chi connectivity index (χ4v) is 2.93. The number of halogens is 1. The Balaban J connectivity index is 2.39. The number of hydrogen-bond donors (Lipinski definition) is 0. The molecule has 0 atom stereocenters. The zero-order chi connectivity index (χ0) is 14.0. The van der Waals surface area contributed by atoms with Gasteiger partial charge in [0.15, 0.2) is 0 Å². The van der Waals surface area contributed by atoms with E-state index in [9.17, 15) is 8.42 Å². The van der Waals surface area contributed by atoms with Gasteiger partial charge in [-0.05, 0) is 48.9 Å². The van der Waals surface area contributed by atoms with Crippen LogP contribution in [0.25, 0.3) is 0 Å². The van der Waals surface area contributed by atoms with Gasteiger partial charge in [0.05, 0.1) is 10.6 Å². The van der Waals surface area contributed by atoms with E-state index < -0.39 is 10.0 Å². The molecule has 0 unspecified atom stereocenters. The first-order chi connectivity index (χ1) is 8.91. The molecule has 19 heavy (non-hydrogen) atoms. The smallest absolute Gasteiger partial charge is 0.264 e. The van der Waals surface area contributed by atoms with Crippen molar-refractivity contribution in [3.05, 3.63) is 66.0 Å². The molecule has 1 radical (unpaired) electrons. The molecule has 0 aliphatic heterocycles. The van der Waals surface area contributed by atoms with E-state index in [1.165, 1.54) is 11.4 Å². The molecule has 5 heteroatoms. The number of nitrogens with zero attached hydrogens (tertiary/aromatic N) is 1. The Bertz CT molecular complexity index is 664. The molecule has 99 valence electrons. The standard InChI is InChI=1S/C14H13ClNO2S/c1-11-3-9-14(10-4-11)19(17,18)16(2)13-7-5-12(15)6-8-13/h3-10H,1H2,2H3. The number of benzene rings is 2. The van der Waals surface area contributed by atoms with E-state index in [-0.39, 0.29) is 4.90 Å². The second-order valence-corrected chi connectivity index (χ2v) is 6.50. The molecule has 0 spiro atoms. The van der Waals surface area contributed by atoms with E-state index >= 15 is 0 Å². The van der Waals surface area contributed by atoms with E-state index in [1.54, 1.807) is 48.5 Å². The molecule has 0 saturated carbocycles. The Morgan fingerprint density at radius 3 is 2.05 bits per heavy atom. The fraction of sp³-hybridized carbons (Fsp3) is 0.0714. The Morgan fingerprint density at radius 1 is 1.00 bits per heavy atom. The molecule has 0 saturated heterocycles. The summed E-state index contributed by atoms with van der Waals surface area (Å²) in [4.78, 5) is 0.234. The van der Waals surface area contributed by atoms with Crippen LogP contribution in [0.15, 0.2) is 53.4 Å². The van der Waals surface area contributed by atoms with Crippen LogP contribution in [0.4, 0.5) is 5.69 Å². The SMILES string of the molecule is [CH2]c1ccc(S(=O)(=O)N(C)c2ccc(Cl)cc2)cc1. The first-order valence-corrected chi connectivity index (χ1v) is 7.39. The lowest BCUT2D eigenvalue weighted by Crippen LogP contribution is -2.26. The lowest BCUT2D eigenvalue weighted by molar-refractivity contribution is 0.594. The highest BCUT2D eigenvalue weighted by atomic mass is 35.5. The monoisotopic (exact) mass is 294 g/mol. The van der Waals surface area contributed by atoms with Crippen LogP contribution >= 0.6 is 11.6 Å². The maximum absolute atomic E-state index is 12.4. The van der Waals surface area contributed by atoms with Gasteiger partial charge in [0, 0.05) is 12.1 Å². The highest BCUT2D eigenvalue weighted by molar-refractivity contribution is 7.92. The summed E-state index contributed by atoms with van der Waals surface area (Å²) in [6.45, 7) is 3.73. The third kappa shape index (κ3) is 2.91. The zero-order valence-electron chi connectivity index (χ0n) is 10.4. The minimum Gasteiger partial charge on any atom is -0.269 e. The average molecular weight is 295 g/mol. The second-order valence-electron chi connectivity index (χ2n) is 4.09. The van der Waals surface area contributed by atoms with E-state index in [2.05, 4.69) is 6.92 Å². The van der Waals surface area contributed by atoms with E-state index in [0.29, 0.717) is 10.7 Å². The number of anilines is 1. The maximum Gasteiger partial charge on any atom is 0.264 e. The van der Waals surface area contributed by atoms with E-state index in [0.717, 1.165) is 5.56 Å². The van der Waals surface area contributed by atoms with Gasteiger partial charge in [0.25, 0.3) is 10.0 Å². The molecule has 0 aliphatic rings. The summed E-state index contributed by atoms with van der Waals surface area (Å²) in [6.07, 6.45) is 0. The van der Waals surface area contributed by atoms with Crippen molar-refractivity contribution in [2.75, 3.05) is 11.4 Å². The van der Waals surface area contributed by atoms with Crippen LogP contribution in [-0.2, 0) is 10.0 Å². The molecule has 0 amide bonds. The third-order valence-electron chi connectivity index (χ3n) is 2.77. The van der Waals surface area contributed by atoms with Gasteiger partial charge in [0.2, 0.25) is 0 Å². The zero-order valence-corrected chi connectivity index (χ0v) is 11.9. The van der Waals surface area contributed by atoms with Crippen molar-refractivity contribution in [2.45, 2.75) is 4.90 Å².